The molecule has 3 rings (SSSR count). The summed E-state index contributed by atoms with van der Waals surface area (Å²) in [7, 11) is 0. The number of nitrogens with one attached hydrogen (secondary N) is 1. The Labute approximate surface area is 145 Å². The van der Waals surface area contributed by atoms with Gasteiger partial charge in [0, 0.05) is 30.7 Å². The number of hydrogen-bond donors (Lipinski definition) is 1. The lowest BCUT2D eigenvalue weighted by atomic mass is 10.1. The summed E-state index contributed by atoms with van der Waals surface area (Å²) in [6, 6.07) is 11.2. The van der Waals surface area contributed by atoms with E-state index in [1.807, 2.05) is 31.2 Å². The van der Waals surface area contributed by atoms with Crippen LogP contribution < -0.4 is 10.1 Å². The molecule has 0 spiro atoms. The van der Waals surface area contributed by atoms with Crippen LogP contribution >= 0.6 is 0 Å². The topological polar surface area (TPSA) is 77.0 Å². The van der Waals surface area contributed by atoms with Gasteiger partial charge in [0.2, 0.25) is 0 Å². The zero-order valence-corrected chi connectivity index (χ0v) is 13.8. The van der Waals surface area contributed by atoms with Crippen LogP contribution in [0, 0.1) is 0 Å². The molecule has 2 aromatic heterocycles. The fourth-order valence-electron chi connectivity index (χ4n) is 2.33. The Kier molecular flexibility index (Phi) is 5.31. The van der Waals surface area contributed by atoms with E-state index in [0.29, 0.717) is 18.7 Å². The van der Waals surface area contributed by atoms with Crippen molar-refractivity contribution in [1.82, 2.24) is 20.3 Å². The molecule has 0 bridgehead atoms. The summed E-state index contributed by atoms with van der Waals surface area (Å²) in [6.07, 6.45) is 6.38. The van der Waals surface area contributed by atoms with E-state index in [2.05, 4.69) is 20.3 Å². The van der Waals surface area contributed by atoms with Crippen LogP contribution in [0.4, 0.5) is 0 Å². The Morgan fingerprint density at radius 2 is 1.96 bits per heavy atom. The van der Waals surface area contributed by atoms with Gasteiger partial charge in [-0.15, -0.1) is 0 Å². The van der Waals surface area contributed by atoms with Gasteiger partial charge >= 0.3 is 0 Å². The van der Waals surface area contributed by atoms with E-state index in [1.54, 1.807) is 30.7 Å². The van der Waals surface area contributed by atoms with Crippen LogP contribution in [0.2, 0.25) is 0 Å². The molecule has 0 aliphatic rings. The van der Waals surface area contributed by atoms with Crippen molar-refractivity contribution in [3.8, 4) is 17.0 Å². The number of nitrogens with zero attached hydrogens (tertiary/aromatic N) is 3. The highest BCUT2D eigenvalue weighted by atomic mass is 16.5. The summed E-state index contributed by atoms with van der Waals surface area (Å²) < 4.78 is 5.46. The van der Waals surface area contributed by atoms with Crippen LogP contribution in [-0.2, 0) is 6.54 Å². The van der Waals surface area contributed by atoms with Crippen molar-refractivity contribution in [2.75, 3.05) is 6.61 Å². The van der Waals surface area contributed by atoms with E-state index in [1.165, 1.54) is 6.33 Å². The molecule has 2 heterocycles. The maximum Gasteiger partial charge on any atom is 0.253 e. The lowest BCUT2D eigenvalue weighted by molar-refractivity contribution is 0.0950. The van der Waals surface area contributed by atoms with E-state index < -0.39 is 0 Å². The first kappa shape index (κ1) is 16.6. The summed E-state index contributed by atoms with van der Waals surface area (Å²) in [5.74, 6) is 0.621. The van der Waals surface area contributed by atoms with E-state index in [0.717, 1.165) is 22.6 Å². The molecule has 0 aliphatic heterocycles. The molecule has 0 saturated carbocycles. The highest BCUT2D eigenvalue weighted by Gasteiger charge is 2.07. The maximum absolute atomic E-state index is 12.3. The van der Waals surface area contributed by atoms with Crippen molar-refractivity contribution in [1.29, 1.82) is 0 Å². The highest BCUT2D eigenvalue weighted by Crippen LogP contribution is 2.15. The number of ether oxygens (including phenoxy) is 1. The van der Waals surface area contributed by atoms with Gasteiger partial charge in [0.15, 0.2) is 0 Å². The number of rotatable bonds is 6. The first-order valence-electron chi connectivity index (χ1n) is 7.97. The number of carbonyl (C=O) groups is 1. The second kappa shape index (κ2) is 8.01. The van der Waals surface area contributed by atoms with Gasteiger partial charge in [-0.2, -0.15) is 0 Å². The summed E-state index contributed by atoms with van der Waals surface area (Å²) in [4.78, 5) is 24.5. The van der Waals surface area contributed by atoms with Gasteiger partial charge in [-0.1, -0.05) is 12.1 Å². The molecular formula is C19H18N4O2. The molecular weight excluding hydrogens is 316 g/mol. The fraction of sp³-hybridized carbons (Fsp3) is 0.158. The average molecular weight is 334 g/mol. The molecule has 1 amide bonds. The van der Waals surface area contributed by atoms with E-state index in [9.17, 15) is 4.79 Å². The summed E-state index contributed by atoms with van der Waals surface area (Å²) in [5, 5.41) is 2.88. The third-order valence-electron chi connectivity index (χ3n) is 3.54. The van der Waals surface area contributed by atoms with Crippen molar-refractivity contribution in [3.05, 3.63) is 72.4 Å². The summed E-state index contributed by atoms with van der Waals surface area (Å²) in [5.41, 5.74) is 3.01. The second-order valence-electron chi connectivity index (χ2n) is 5.32. The smallest absolute Gasteiger partial charge is 0.253 e. The molecule has 6 heteroatoms. The van der Waals surface area contributed by atoms with Crippen LogP contribution in [0.25, 0.3) is 11.3 Å². The van der Waals surface area contributed by atoms with Gasteiger partial charge < -0.3 is 10.1 Å². The lowest BCUT2D eigenvalue weighted by Crippen LogP contribution is -2.22. The zero-order chi connectivity index (χ0) is 17.5. The molecule has 25 heavy (non-hydrogen) atoms. The quantitative estimate of drug-likeness (QED) is 0.750. The van der Waals surface area contributed by atoms with E-state index in [-0.39, 0.29) is 5.91 Å². The molecule has 3 aromatic rings. The first-order chi connectivity index (χ1) is 12.3. The number of amides is 1. The molecule has 126 valence electrons. The summed E-state index contributed by atoms with van der Waals surface area (Å²) in [6.45, 7) is 2.97. The van der Waals surface area contributed by atoms with Crippen LogP contribution in [0.5, 0.6) is 5.75 Å². The Balaban J connectivity index is 1.62. The molecule has 0 aliphatic carbocycles. The first-order valence-corrected chi connectivity index (χ1v) is 7.97. The van der Waals surface area contributed by atoms with E-state index >= 15 is 0 Å². The molecule has 0 fully saturated rings. The number of carbonyl (C=O) groups excluding carboxylic acids is 1. The predicted molar refractivity (Wildman–Crippen MR) is 94.0 cm³/mol. The number of pyridine rings is 1. The Hall–Kier alpha value is -3.28. The SMILES string of the molecule is CCOc1cccc(CNC(=O)c2ccc(-c3cncnc3)nc2)c1. The number of benzene rings is 1. The van der Waals surface area contributed by atoms with Gasteiger partial charge in [0.1, 0.15) is 12.1 Å². The average Bonchev–Trinajstić information content (AvgIpc) is 2.67. The fourth-order valence-corrected chi connectivity index (χ4v) is 2.33. The van der Waals surface area contributed by atoms with Gasteiger partial charge in [0.25, 0.3) is 5.91 Å². The van der Waals surface area contributed by atoms with Crippen LogP contribution in [0.3, 0.4) is 0 Å². The number of aromatic nitrogens is 3. The Morgan fingerprint density at radius 1 is 1.12 bits per heavy atom. The third-order valence-corrected chi connectivity index (χ3v) is 3.54. The number of hydrogen-bond acceptors (Lipinski definition) is 5. The van der Waals surface area contributed by atoms with Crippen molar-refractivity contribution >= 4 is 5.91 Å². The molecule has 1 N–H and O–H groups in total. The minimum Gasteiger partial charge on any atom is -0.494 e. The molecule has 0 saturated heterocycles. The monoisotopic (exact) mass is 334 g/mol. The molecule has 1 aromatic carbocycles. The van der Waals surface area contributed by atoms with Crippen molar-refractivity contribution in [2.24, 2.45) is 0 Å². The normalized spacial score (nSPS) is 10.3. The predicted octanol–water partition coefficient (Wildman–Crippen LogP) is 2.87. The minimum atomic E-state index is -0.176. The van der Waals surface area contributed by atoms with Crippen molar-refractivity contribution < 1.29 is 9.53 Å². The second-order valence-corrected chi connectivity index (χ2v) is 5.32. The molecule has 0 atom stereocenters. The zero-order valence-electron chi connectivity index (χ0n) is 13.8. The van der Waals surface area contributed by atoms with Gasteiger partial charge in [-0.3, -0.25) is 9.78 Å². The standard InChI is InChI=1S/C19H18N4O2/c1-2-25-17-5-3-4-14(8-17)9-23-19(24)15-6-7-18(22-12-15)16-10-20-13-21-11-16/h3-8,10-13H,2,9H2,1H3,(H,23,24). The molecule has 6 nitrogen and oxygen atoms in total. The molecule has 0 unspecified atom stereocenters. The lowest BCUT2D eigenvalue weighted by Gasteiger charge is -2.08. The van der Waals surface area contributed by atoms with Crippen LogP contribution in [-0.4, -0.2) is 27.5 Å². The van der Waals surface area contributed by atoms with Crippen molar-refractivity contribution in [3.63, 3.8) is 0 Å². The Bertz CT molecular complexity index is 836. The van der Waals surface area contributed by atoms with Gasteiger partial charge in [-0.05, 0) is 36.8 Å². The third kappa shape index (κ3) is 4.38. The maximum atomic E-state index is 12.3. The summed E-state index contributed by atoms with van der Waals surface area (Å²) >= 11 is 0. The van der Waals surface area contributed by atoms with Crippen LogP contribution in [0.15, 0.2) is 61.3 Å². The largest absolute Gasteiger partial charge is 0.494 e. The molecule has 0 radical (unpaired) electrons. The van der Waals surface area contributed by atoms with Gasteiger partial charge in [-0.25, -0.2) is 9.97 Å². The van der Waals surface area contributed by atoms with Gasteiger partial charge in [0.05, 0.1) is 17.9 Å². The van der Waals surface area contributed by atoms with E-state index in [4.69, 9.17) is 4.74 Å². The van der Waals surface area contributed by atoms with Crippen LogP contribution in [0.1, 0.15) is 22.8 Å². The Morgan fingerprint density at radius 3 is 2.68 bits per heavy atom. The minimum absolute atomic E-state index is 0.176. The van der Waals surface area contributed by atoms with Crippen molar-refractivity contribution in [2.45, 2.75) is 13.5 Å². The highest BCUT2D eigenvalue weighted by molar-refractivity contribution is 5.94.